The van der Waals surface area contributed by atoms with Crippen molar-refractivity contribution in [3.63, 3.8) is 0 Å². The van der Waals surface area contributed by atoms with E-state index in [9.17, 15) is 9.90 Å². The van der Waals surface area contributed by atoms with Gasteiger partial charge in [-0.2, -0.15) is 0 Å². The molecule has 1 rings (SSSR count). The molecule has 16 heavy (non-hydrogen) atoms. The lowest BCUT2D eigenvalue weighted by atomic mass is 10.0. The molecular weight excluding hydrogens is 212 g/mol. The van der Waals surface area contributed by atoms with Crippen molar-refractivity contribution < 1.29 is 19.4 Å². The van der Waals surface area contributed by atoms with Crippen LogP contribution in [0.15, 0.2) is 0 Å². The van der Waals surface area contributed by atoms with Crippen molar-refractivity contribution in [1.82, 2.24) is 10.6 Å². The summed E-state index contributed by atoms with van der Waals surface area (Å²) in [5, 5.41) is 15.1. The van der Waals surface area contributed by atoms with Crippen LogP contribution in [-0.4, -0.2) is 63.7 Å². The highest BCUT2D eigenvalue weighted by Crippen LogP contribution is 2.13. The van der Waals surface area contributed by atoms with Crippen LogP contribution in [0, 0.1) is 5.92 Å². The molecular formula is C10H20N2O4. The number of methoxy groups -OCH3 is 1. The van der Waals surface area contributed by atoms with Gasteiger partial charge in [0.2, 0.25) is 5.91 Å². The second-order valence-corrected chi connectivity index (χ2v) is 3.89. The predicted molar refractivity (Wildman–Crippen MR) is 58.0 cm³/mol. The van der Waals surface area contributed by atoms with E-state index in [1.165, 1.54) is 7.11 Å². The van der Waals surface area contributed by atoms with Crippen molar-refractivity contribution in [3.8, 4) is 0 Å². The van der Waals surface area contributed by atoms with Crippen molar-refractivity contribution in [1.29, 1.82) is 0 Å². The maximum absolute atomic E-state index is 11.7. The first-order chi connectivity index (χ1) is 7.69. The number of nitrogens with one attached hydrogen (secondary N) is 2. The number of rotatable bonds is 6. The maximum Gasteiger partial charge on any atom is 0.227 e. The number of ether oxygens (including phenoxy) is 2. The summed E-state index contributed by atoms with van der Waals surface area (Å²) in [4.78, 5) is 11.7. The Labute approximate surface area is 95.3 Å². The molecule has 0 spiro atoms. The van der Waals surface area contributed by atoms with Crippen molar-refractivity contribution in [2.75, 3.05) is 40.5 Å². The summed E-state index contributed by atoms with van der Waals surface area (Å²) in [6.07, 6.45) is -0.663. The molecule has 0 bridgehead atoms. The van der Waals surface area contributed by atoms with Gasteiger partial charge in [-0.3, -0.25) is 4.79 Å². The molecule has 3 N–H and O–H groups in total. The number of likely N-dealkylation sites (N-methyl/N-ethyl adjacent to an activating group) is 1. The first-order valence-corrected chi connectivity index (χ1v) is 5.38. The molecule has 3 unspecified atom stereocenters. The fourth-order valence-electron chi connectivity index (χ4n) is 1.70. The van der Waals surface area contributed by atoms with E-state index < -0.39 is 6.10 Å². The molecule has 3 atom stereocenters. The van der Waals surface area contributed by atoms with Gasteiger partial charge in [-0.15, -0.1) is 0 Å². The minimum atomic E-state index is -0.663. The molecule has 1 aliphatic heterocycles. The number of hydrogen-bond acceptors (Lipinski definition) is 5. The van der Waals surface area contributed by atoms with E-state index in [1.807, 2.05) is 0 Å². The third-order valence-electron chi connectivity index (χ3n) is 2.66. The zero-order valence-corrected chi connectivity index (χ0v) is 9.73. The van der Waals surface area contributed by atoms with E-state index >= 15 is 0 Å². The topological polar surface area (TPSA) is 79.8 Å². The van der Waals surface area contributed by atoms with Crippen LogP contribution in [0.2, 0.25) is 0 Å². The van der Waals surface area contributed by atoms with Crippen molar-refractivity contribution in [2.24, 2.45) is 5.92 Å². The van der Waals surface area contributed by atoms with Crippen molar-refractivity contribution in [3.05, 3.63) is 0 Å². The Kier molecular flexibility index (Phi) is 5.68. The first-order valence-electron chi connectivity index (χ1n) is 5.38. The van der Waals surface area contributed by atoms with Crippen LogP contribution in [0.25, 0.3) is 0 Å². The van der Waals surface area contributed by atoms with Crippen LogP contribution in [0.5, 0.6) is 0 Å². The van der Waals surface area contributed by atoms with Gasteiger partial charge in [0.1, 0.15) is 0 Å². The van der Waals surface area contributed by atoms with Gasteiger partial charge in [0.05, 0.1) is 31.8 Å². The monoisotopic (exact) mass is 232 g/mol. The van der Waals surface area contributed by atoms with E-state index in [0.717, 1.165) is 0 Å². The molecule has 0 aliphatic carbocycles. The molecule has 1 aliphatic rings. The standard InChI is InChI=1S/C10H20N2O4/c1-11-9-6-16-5-8(9)10(14)12-3-7(13)4-15-2/h7-9,11,13H,3-6H2,1-2H3,(H,12,14). The van der Waals surface area contributed by atoms with Crippen LogP contribution in [0.1, 0.15) is 0 Å². The maximum atomic E-state index is 11.7. The fraction of sp³-hybridized carbons (Fsp3) is 0.900. The van der Waals surface area contributed by atoms with Crippen LogP contribution >= 0.6 is 0 Å². The highest BCUT2D eigenvalue weighted by atomic mass is 16.5. The van der Waals surface area contributed by atoms with Crippen LogP contribution in [0.4, 0.5) is 0 Å². The van der Waals surface area contributed by atoms with Gasteiger partial charge >= 0.3 is 0 Å². The van der Waals surface area contributed by atoms with Gasteiger partial charge in [-0.05, 0) is 7.05 Å². The van der Waals surface area contributed by atoms with Crippen LogP contribution in [0.3, 0.4) is 0 Å². The average Bonchev–Trinajstić information content (AvgIpc) is 2.74. The molecule has 6 heteroatoms. The Morgan fingerprint density at radius 1 is 1.62 bits per heavy atom. The molecule has 6 nitrogen and oxygen atoms in total. The van der Waals surface area contributed by atoms with Gasteiger partial charge in [0.25, 0.3) is 0 Å². The summed E-state index contributed by atoms with van der Waals surface area (Å²) >= 11 is 0. The Morgan fingerprint density at radius 3 is 3.00 bits per heavy atom. The lowest BCUT2D eigenvalue weighted by molar-refractivity contribution is -0.126. The third kappa shape index (κ3) is 3.71. The molecule has 1 saturated heterocycles. The quantitative estimate of drug-likeness (QED) is 0.511. The van der Waals surface area contributed by atoms with E-state index in [-0.39, 0.29) is 31.0 Å². The smallest absolute Gasteiger partial charge is 0.227 e. The molecule has 1 amide bonds. The highest BCUT2D eigenvalue weighted by molar-refractivity contribution is 5.79. The molecule has 94 valence electrons. The lowest BCUT2D eigenvalue weighted by Crippen LogP contribution is -2.45. The lowest BCUT2D eigenvalue weighted by Gasteiger charge is -2.17. The summed E-state index contributed by atoms with van der Waals surface area (Å²) in [5.74, 6) is -0.272. The number of hydrogen-bond donors (Lipinski definition) is 3. The van der Waals surface area contributed by atoms with Gasteiger partial charge in [0, 0.05) is 19.7 Å². The zero-order chi connectivity index (χ0) is 12.0. The van der Waals surface area contributed by atoms with Gasteiger partial charge < -0.3 is 25.2 Å². The minimum Gasteiger partial charge on any atom is -0.389 e. The Morgan fingerprint density at radius 2 is 2.38 bits per heavy atom. The highest BCUT2D eigenvalue weighted by Gasteiger charge is 2.32. The Balaban J connectivity index is 2.29. The van der Waals surface area contributed by atoms with Gasteiger partial charge in [-0.25, -0.2) is 0 Å². The Bertz CT molecular complexity index is 225. The van der Waals surface area contributed by atoms with E-state index in [1.54, 1.807) is 7.05 Å². The summed E-state index contributed by atoms with van der Waals surface area (Å²) in [7, 11) is 3.31. The molecule has 0 aromatic carbocycles. The summed E-state index contributed by atoms with van der Waals surface area (Å²) < 4.78 is 9.99. The molecule has 0 aromatic heterocycles. The second-order valence-electron chi connectivity index (χ2n) is 3.89. The average molecular weight is 232 g/mol. The SMILES string of the molecule is CNC1COCC1C(=O)NCC(O)COC. The second kappa shape index (κ2) is 6.80. The van der Waals surface area contributed by atoms with Gasteiger partial charge in [0.15, 0.2) is 0 Å². The molecule has 1 fully saturated rings. The largest absolute Gasteiger partial charge is 0.389 e. The van der Waals surface area contributed by atoms with Gasteiger partial charge in [-0.1, -0.05) is 0 Å². The zero-order valence-electron chi connectivity index (χ0n) is 9.73. The summed E-state index contributed by atoms with van der Waals surface area (Å²) in [6.45, 7) is 1.41. The third-order valence-corrected chi connectivity index (χ3v) is 2.66. The fourth-order valence-corrected chi connectivity index (χ4v) is 1.70. The minimum absolute atomic E-state index is 0.0552. The van der Waals surface area contributed by atoms with Crippen LogP contribution < -0.4 is 10.6 Å². The first kappa shape index (κ1) is 13.4. The Hall–Kier alpha value is -0.690. The number of aliphatic hydroxyl groups excluding tert-OH is 1. The van der Waals surface area contributed by atoms with Crippen molar-refractivity contribution in [2.45, 2.75) is 12.1 Å². The van der Waals surface area contributed by atoms with E-state index in [2.05, 4.69) is 10.6 Å². The molecule has 0 aromatic rings. The summed E-state index contributed by atoms with van der Waals surface area (Å²) in [6, 6.07) is 0.0552. The van der Waals surface area contributed by atoms with Crippen LogP contribution in [-0.2, 0) is 14.3 Å². The van der Waals surface area contributed by atoms with E-state index in [4.69, 9.17) is 9.47 Å². The number of amides is 1. The van der Waals surface area contributed by atoms with E-state index in [0.29, 0.717) is 13.2 Å². The predicted octanol–water partition coefficient (Wildman–Crippen LogP) is -1.66. The number of carbonyl (C=O) groups is 1. The van der Waals surface area contributed by atoms with Crippen molar-refractivity contribution >= 4 is 5.91 Å². The number of aliphatic hydroxyl groups is 1. The molecule has 0 saturated carbocycles. The molecule has 0 radical (unpaired) electrons. The molecule has 1 heterocycles. The normalized spacial score (nSPS) is 26.7. The summed E-state index contributed by atoms with van der Waals surface area (Å²) in [5.41, 5.74) is 0. The number of carbonyl (C=O) groups excluding carboxylic acids is 1.